The molecule has 1 aromatic rings. The summed E-state index contributed by atoms with van der Waals surface area (Å²) < 4.78 is 11.4. The molecular formula is C19H28N2O3. The molecule has 5 nitrogen and oxygen atoms in total. The number of rotatable bonds is 6. The fraction of sp³-hybridized carbons (Fsp3) is 0.632. The Morgan fingerprint density at radius 2 is 1.79 bits per heavy atom. The number of amides is 1. The highest BCUT2D eigenvalue weighted by molar-refractivity contribution is 5.94. The van der Waals surface area contributed by atoms with Crippen LogP contribution in [0.5, 0.6) is 11.5 Å². The van der Waals surface area contributed by atoms with Crippen LogP contribution in [-0.2, 0) is 4.79 Å². The number of methoxy groups -OCH3 is 1. The summed E-state index contributed by atoms with van der Waals surface area (Å²) in [5.74, 6) is 1.65. The molecule has 5 heteroatoms. The number of likely N-dealkylation sites (tertiary alicyclic amines) is 1. The summed E-state index contributed by atoms with van der Waals surface area (Å²) in [5, 5.41) is 0. The largest absolute Gasteiger partial charge is 0.493 e. The van der Waals surface area contributed by atoms with Crippen molar-refractivity contribution in [3.05, 3.63) is 18.2 Å². The van der Waals surface area contributed by atoms with E-state index in [9.17, 15) is 4.79 Å². The standard InChI is InChI=1S/C19H28N2O3/c1-23-17-9-8-16(21-12-6-3-7-19(21)22)15-18(17)24-14-13-20-10-4-2-5-11-20/h8-9,15H,2-7,10-14H2,1H3. The highest BCUT2D eigenvalue weighted by Crippen LogP contribution is 2.33. The maximum Gasteiger partial charge on any atom is 0.226 e. The van der Waals surface area contributed by atoms with Crippen LogP contribution >= 0.6 is 0 Å². The second-order valence-corrected chi connectivity index (χ2v) is 6.59. The zero-order valence-electron chi connectivity index (χ0n) is 14.6. The second-order valence-electron chi connectivity index (χ2n) is 6.59. The minimum atomic E-state index is 0.200. The first-order valence-electron chi connectivity index (χ1n) is 9.11. The molecule has 0 unspecified atom stereocenters. The molecule has 132 valence electrons. The lowest BCUT2D eigenvalue weighted by atomic mass is 10.1. The van der Waals surface area contributed by atoms with Crippen molar-refractivity contribution in [1.29, 1.82) is 0 Å². The van der Waals surface area contributed by atoms with E-state index in [1.165, 1.54) is 32.4 Å². The normalized spacial score (nSPS) is 19.4. The van der Waals surface area contributed by atoms with E-state index in [1.807, 2.05) is 23.1 Å². The average molecular weight is 332 g/mol. The summed E-state index contributed by atoms with van der Waals surface area (Å²) in [6.45, 7) is 4.72. The van der Waals surface area contributed by atoms with Crippen LogP contribution < -0.4 is 14.4 Å². The van der Waals surface area contributed by atoms with Gasteiger partial charge in [0.1, 0.15) is 6.61 Å². The Labute approximate surface area is 144 Å². The molecule has 0 N–H and O–H groups in total. The summed E-state index contributed by atoms with van der Waals surface area (Å²) in [6, 6.07) is 5.78. The van der Waals surface area contributed by atoms with Crippen LogP contribution in [0.25, 0.3) is 0 Å². The number of piperidine rings is 2. The SMILES string of the molecule is COc1ccc(N2CCCCC2=O)cc1OCCN1CCCCC1. The number of carbonyl (C=O) groups excluding carboxylic acids is 1. The van der Waals surface area contributed by atoms with E-state index in [0.29, 0.717) is 13.0 Å². The Hall–Kier alpha value is -1.75. The molecule has 3 rings (SSSR count). The maximum atomic E-state index is 12.1. The third-order valence-corrected chi connectivity index (χ3v) is 4.90. The zero-order chi connectivity index (χ0) is 16.8. The van der Waals surface area contributed by atoms with Gasteiger partial charge in [-0.3, -0.25) is 9.69 Å². The molecule has 0 spiro atoms. The van der Waals surface area contributed by atoms with Gasteiger partial charge >= 0.3 is 0 Å². The fourth-order valence-corrected chi connectivity index (χ4v) is 3.49. The van der Waals surface area contributed by atoms with E-state index in [2.05, 4.69) is 4.90 Å². The third-order valence-electron chi connectivity index (χ3n) is 4.90. The van der Waals surface area contributed by atoms with Crippen molar-refractivity contribution >= 4 is 11.6 Å². The highest BCUT2D eigenvalue weighted by Gasteiger charge is 2.21. The quantitative estimate of drug-likeness (QED) is 0.803. The first kappa shape index (κ1) is 17.1. The average Bonchev–Trinajstić information content (AvgIpc) is 2.63. The van der Waals surface area contributed by atoms with Gasteiger partial charge in [0.05, 0.1) is 7.11 Å². The molecule has 2 saturated heterocycles. The predicted octanol–water partition coefficient (Wildman–Crippen LogP) is 3.08. The first-order chi connectivity index (χ1) is 11.8. The fourth-order valence-electron chi connectivity index (χ4n) is 3.49. The number of hydrogen-bond donors (Lipinski definition) is 0. The van der Waals surface area contributed by atoms with Crippen molar-refractivity contribution in [3.63, 3.8) is 0 Å². The maximum absolute atomic E-state index is 12.1. The van der Waals surface area contributed by atoms with Crippen LogP contribution in [0, 0.1) is 0 Å². The van der Waals surface area contributed by atoms with Crippen LogP contribution in [0.2, 0.25) is 0 Å². The lowest BCUT2D eigenvalue weighted by Crippen LogP contribution is -2.35. The summed E-state index contributed by atoms with van der Waals surface area (Å²) in [5.41, 5.74) is 0.911. The number of benzene rings is 1. The number of anilines is 1. The van der Waals surface area contributed by atoms with Gasteiger partial charge in [-0.1, -0.05) is 6.42 Å². The molecule has 0 saturated carbocycles. The Morgan fingerprint density at radius 3 is 2.54 bits per heavy atom. The third kappa shape index (κ3) is 4.20. The van der Waals surface area contributed by atoms with Crippen molar-refractivity contribution in [2.75, 3.05) is 44.8 Å². The van der Waals surface area contributed by atoms with Crippen molar-refractivity contribution < 1.29 is 14.3 Å². The Balaban J connectivity index is 1.64. The van der Waals surface area contributed by atoms with E-state index in [0.717, 1.165) is 43.1 Å². The lowest BCUT2D eigenvalue weighted by Gasteiger charge is -2.28. The van der Waals surface area contributed by atoms with E-state index >= 15 is 0 Å². The highest BCUT2D eigenvalue weighted by atomic mass is 16.5. The molecule has 2 fully saturated rings. The topological polar surface area (TPSA) is 42.0 Å². The van der Waals surface area contributed by atoms with E-state index in [4.69, 9.17) is 9.47 Å². The van der Waals surface area contributed by atoms with Crippen LogP contribution in [0.3, 0.4) is 0 Å². The van der Waals surface area contributed by atoms with Gasteiger partial charge in [-0.15, -0.1) is 0 Å². The summed E-state index contributed by atoms with van der Waals surface area (Å²) >= 11 is 0. The Kier molecular flexibility index (Phi) is 5.96. The lowest BCUT2D eigenvalue weighted by molar-refractivity contribution is -0.119. The van der Waals surface area contributed by atoms with E-state index < -0.39 is 0 Å². The smallest absolute Gasteiger partial charge is 0.226 e. The van der Waals surface area contributed by atoms with Gasteiger partial charge in [-0.25, -0.2) is 0 Å². The van der Waals surface area contributed by atoms with E-state index in [-0.39, 0.29) is 5.91 Å². The molecule has 0 aromatic heterocycles. The van der Waals surface area contributed by atoms with Gasteiger partial charge in [0.25, 0.3) is 0 Å². The van der Waals surface area contributed by atoms with Crippen LogP contribution in [0.1, 0.15) is 38.5 Å². The molecule has 2 heterocycles. The molecule has 2 aliphatic heterocycles. The van der Waals surface area contributed by atoms with Crippen LogP contribution in [-0.4, -0.2) is 50.7 Å². The summed E-state index contributed by atoms with van der Waals surface area (Å²) in [6.07, 6.45) is 6.60. The van der Waals surface area contributed by atoms with Crippen LogP contribution in [0.4, 0.5) is 5.69 Å². The Morgan fingerprint density at radius 1 is 1.00 bits per heavy atom. The zero-order valence-corrected chi connectivity index (χ0v) is 14.6. The van der Waals surface area contributed by atoms with Gasteiger partial charge in [0.2, 0.25) is 5.91 Å². The first-order valence-corrected chi connectivity index (χ1v) is 9.11. The Bertz CT molecular complexity index is 556. The minimum absolute atomic E-state index is 0.200. The molecule has 24 heavy (non-hydrogen) atoms. The number of carbonyl (C=O) groups is 1. The van der Waals surface area contributed by atoms with Crippen molar-refractivity contribution in [2.24, 2.45) is 0 Å². The van der Waals surface area contributed by atoms with Gasteiger partial charge in [0.15, 0.2) is 11.5 Å². The molecule has 0 atom stereocenters. The molecule has 2 aliphatic rings. The minimum Gasteiger partial charge on any atom is -0.493 e. The molecule has 0 radical (unpaired) electrons. The van der Waals surface area contributed by atoms with Crippen molar-refractivity contribution in [3.8, 4) is 11.5 Å². The van der Waals surface area contributed by atoms with E-state index in [1.54, 1.807) is 7.11 Å². The monoisotopic (exact) mass is 332 g/mol. The molecule has 0 aliphatic carbocycles. The summed E-state index contributed by atoms with van der Waals surface area (Å²) in [7, 11) is 1.65. The van der Waals surface area contributed by atoms with Crippen LogP contribution in [0.15, 0.2) is 18.2 Å². The van der Waals surface area contributed by atoms with Crippen molar-refractivity contribution in [1.82, 2.24) is 4.90 Å². The molecular weight excluding hydrogens is 304 g/mol. The van der Waals surface area contributed by atoms with Gasteiger partial charge in [-0.05, 0) is 50.9 Å². The number of nitrogens with zero attached hydrogens (tertiary/aromatic N) is 2. The number of hydrogen-bond acceptors (Lipinski definition) is 4. The molecule has 1 aromatic carbocycles. The molecule has 0 bridgehead atoms. The second kappa shape index (κ2) is 8.38. The van der Waals surface area contributed by atoms with Gasteiger partial charge in [0, 0.05) is 31.3 Å². The van der Waals surface area contributed by atoms with Crippen molar-refractivity contribution in [2.45, 2.75) is 38.5 Å². The van der Waals surface area contributed by atoms with Gasteiger partial charge < -0.3 is 14.4 Å². The number of ether oxygens (including phenoxy) is 2. The van der Waals surface area contributed by atoms with Gasteiger partial charge in [-0.2, -0.15) is 0 Å². The molecule has 1 amide bonds. The predicted molar refractivity (Wildman–Crippen MR) is 95.0 cm³/mol. The summed E-state index contributed by atoms with van der Waals surface area (Å²) in [4.78, 5) is 16.4.